The maximum Gasteiger partial charge on any atom is 0.182 e. The van der Waals surface area contributed by atoms with Crippen molar-refractivity contribution in [3.8, 4) is 11.4 Å². The number of hydrogen-bond acceptors (Lipinski definition) is 3. The molecule has 0 spiro atoms. The Balaban J connectivity index is 2.34. The second-order valence-electron chi connectivity index (χ2n) is 4.29. The molecule has 3 N–H and O–H groups in total. The van der Waals surface area contributed by atoms with Crippen molar-refractivity contribution in [3.05, 3.63) is 35.1 Å². The van der Waals surface area contributed by atoms with E-state index in [4.69, 9.17) is 17.3 Å². The van der Waals surface area contributed by atoms with Crippen LogP contribution >= 0.6 is 11.6 Å². The molecule has 0 aliphatic heterocycles. The van der Waals surface area contributed by atoms with E-state index < -0.39 is 0 Å². The first-order valence-electron chi connectivity index (χ1n) is 5.52. The van der Waals surface area contributed by atoms with Crippen molar-refractivity contribution in [2.75, 3.05) is 0 Å². The molecule has 1 unspecified atom stereocenters. The van der Waals surface area contributed by atoms with Crippen molar-refractivity contribution in [1.82, 2.24) is 15.2 Å². The number of nitrogens with one attached hydrogen (secondary N) is 1. The van der Waals surface area contributed by atoms with Gasteiger partial charge < -0.3 is 5.73 Å². The molecule has 17 heavy (non-hydrogen) atoms. The number of nitrogens with zero attached hydrogens (tertiary/aromatic N) is 2. The first-order valence-corrected chi connectivity index (χ1v) is 5.90. The van der Waals surface area contributed by atoms with Gasteiger partial charge in [0, 0.05) is 5.56 Å². The number of benzene rings is 1. The van der Waals surface area contributed by atoms with Gasteiger partial charge in [0.1, 0.15) is 5.82 Å². The van der Waals surface area contributed by atoms with Crippen LogP contribution in [0.4, 0.5) is 0 Å². The van der Waals surface area contributed by atoms with Crippen LogP contribution in [-0.4, -0.2) is 15.2 Å². The third kappa shape index (κ3) is 2.48. The number of nitrogens with two attached hydrogens (primary N) is 1. The Morgan fingerprint density at radius 1 is 1.29 bits per heavy atom. The summed E-state index contributed by atoms with van der Waals surface area (Å²) in [5, 5.41) is 7.65. The largest absolute Gasteiger partial charge is 0.321 e. The minimum Gasteiger partial charge on any atom is -0.321 e. The van der Waals surface area contributed by atoms with E-state index in [2.05, 4.69) is 15.2 Å². The minimum atomic E-state index is -0.140. The van der Waals surface area contributed by atoms with Crippen LogP contribution in [0.5, 0.6) is 0 Å². The highest BCUT2D eigenvalue weighted by Crippen LogP contribution is 2.25. The Labute approximate surface area is 105 Å². The summed E-state index contributed by atoms with van der Waals surface area (Å²) >= 11 is 6.09. The molecule has 2 aromatic rings. The average molecular weight is 251 g/mol. The standard InChI is InChI=1S/C12H15ClN4/c1-7(2)10(14)12-15-11(16-17-12)8-5-3-4-6-9(8)13/h3-7,10H,14H2,1-2H3,(H,15,16,17). The molecule has 4 nitrogen and oxygen atoms in total. The zero-order valence-corrected chi connectivity index (χ0v) is 10.6. The Morgan fingerprint density at radius 3 is 2.65 bits per heavy atom. The Kier molecular flexibility index (Phi) is 3.45. The predicted molar refractivity (Wildman–Crippen MR) is 68.6 cm³/mol. The van der Waals surface area contributed by atoms with Gasteiger partial charge in [-0.05, 0) is 18.1 Å². The molecular weight excluding hydrogens is 236 g/mol. The van der Waals surface area contributed by atoms with E-state index in [1.807, 2.05) is 38.1 Å². The summed E-state index contributed by atoms with van der Waals surface area (Å²) in [6.45, 7) is 4.09. The van der Waals surface area contributed by atoms with Gasteiger partial charge in [-0.2, -0.15) is 5.10 Å². The van der Waals surface area contributed by atoms with E-state index in [0.717, 1.165) is 5.56 Å². The normalized spacial score (nSPS) is 13.0. The monoisotopic (exact) mass is 250 g/mol. The number of hydrogen-bond donors (Lipinski definition) is 2. The van der Waals surface area contributed by atoms with Crippen LogP contribution in [0.2, 0.25) is 5.02 Å². The summed E-state index contributed by atoms with van der Waals surface area (Å²) < 4.78 is 0. The van der Waals surface area contributed by atoms with Gasteiger partial charge in [-0.25, -0.2) is 4.98 Å². The van der Waals surface area contributed by atoms with Gasteiger partial charge in [0.05, 0.1) is 11.1 Å². The molecule has 1 aromatic heterocycles. The lowest BCUT2D eigenvalue weighted by Crippen LogP contribution is -2.18. The lowest BCUT2D eigenvalue weighted by molar-refractivity contribution is 0.492. The number of aromatic amines is 1. The van der Waals surface area contributed by atoms with Gasteiger partial charge >= 0.3 is 0 Å². The summed E-state index contributed by atoms with van der Waals surface area (Å²) in [6, 6.07) is 7.34. The van der Waals surface area contributed by atoms with E-state index in [1.165, 1.54) is 0 Å². The zero-order valence-electron chi connectivity index (χ0n) is 9.81. The Hall–Kier alpha value is -1.39. The molecule has 2 rings (SSSR count). The quantitative estimate of drug-likeness (QED) is 0.880. The Bertz CT molecular complexity index is 507. The van der Waals surface area contributed by atoms with Crippen LogP contribution in [0.25, 0.3) is 11.4 Å². The van der Waals surface area contributed by atoms with Crippen molar-refractivity contribution >= 4 is 11.6 Å². The van der Waals surface area contributed by atoms with Crippen molar-refractivity contribution < 1.29 is 0 Å². The van der Waals surface area contributed by atoms with Gasteiger partial charge in [-0.3, -0.25) is 5.10 Å². The van der Waals surface area contributed by atoms with Crippen molar-refractivity contribution in [2.45, 2.75) is 19.9 Å². The van der Waals surface area contributed by atoms with Crippen LogP contribution in [0.15, 0.2) is 24.3 Å². The molecular formula is C12H15ClN4. The second kappa shape index (κ2) is 4.85. The summed E-state index contributed by atoms with van der Waals surface area (Å²) in [5.41, 5.74) is 6.81. The molecule has 90 valence electrons. The van der Waals surface area contributed by atoms with Crippen LogP contribution < -0.4 is 5.73 Å². The summed E-state index contributed by atoms with van der Waals surface area (Å²) in [5.74, 6) is 1.58. The number of H-pyrrole nitrogens is 1. The molecule has 0 amide bonds. The summed E-state index contributed by atoms with van der Waals surface area (Å²) in [6.07, 6.45) is 0. The maximum absolute atomic E-state index is 6.09. The van der Waals surface area contributed by atoms with Crippen LogP contribution in [0.3, 0.4) is 0 Å². The molecule has 1 aromatic carbocycles. The van der Waals surface area contributed by atoms with Crippen LogP contribution in [-0.2, 0) is 0 Å². The van der Waals surface area contributed by atoms with Gasteiger partial charge in [0.25, 0.3) is 0 Å². The van der Waals surface area contributed by atoms with E-state index in [0.29, 0.717) is 22.6 Å². The number of halogens is 1. The molecule has 0 fully saturated rings. The summed E-state index contributed by atoms with van der Waals surface area (Å²) in [4.78, 5) is 4.39. The first-order chi connectivity index (χ1) is 8.09. The fraction of sp³-hybridized carbons (Fsp3) is 0.333. The van der Waals surface area contributed by atoms with Gasteiger partial charge in [-0.1, -0.05) is 37.6 Å². The molecule has 1 heterocycles. The van der Waals surface area contributed by atoms with Crippen molar-refractivity contribution in [3.63, 3.8) is 0 Å². The van der Waals surface area contributed by atoms with Gasteiger partial charge in [-0.15, -0.1) is 0 Å². The molecule has 0 aliphatic carbocycles. The lowest BCUT2D eigenvalue weighted by Gasteiger charge is -2.11. The molecule has 0 radical (unpaired) electrons. The molecule has 0 bridgehead atoms. The first kappa shape index (κ1) is 12.1. The molecule has 0 aliphatic rings. The number of rotatable bonds is 3. The predicted octanol–water partition coefficient (Wildman–Crippen LogP) is 2.78. The van der Waals surface area contributed by atoms with Gasteiger partial charge in [0.15, 0.2) is 5.82 Å². The highest BCUT2D eigenvalue weighted by atomic mass is 35.5. The van der Waals surface area contributed by atoms with E-state index in [9.17, 15) is 0 Å². The van der Waals surface area contributed by atoms with Crippen molar-refractivity contribution in [1.29, 1.82) is 0 Å². The topological polar surface area (TPSA) is 67.6 Å². The van der Waals surface area contributed by atoms with Crippen LogP contribution in [0.1, 0.15) is 25.7 Å². The third-order valence-electron chi connectivity index (χ3n) is 2.65. The lowest BCUT2D eigenvalue weighted by atomic mass is 10.1. The summed E-state index contributed by atoms with van der Waals surface area (Å²) in [7, 11) is 0. The third-order valence-corrected chi connectivity index (χ3v) is 2.98. The average Bonchev–Trinajstić information content (AvgIpc) is 2.77. The fourth-order valence-electron chi connectivity index (χ4n) is 1.50. The maximum atomic E-state index is 6.09. The van der Waals surface area contributed by atoms with E-state index in [-0.39, 0.29) is 6.04 Å². The second-order valence-corrected chi connectivity index (χ2v) is 4.70. The molecule has 5 heteroatoms. The highest BCUT2D eigenvalue weighted by Gasteiger charge is 2.16. The SMILES string of the molecule is CC(C)C(N)c1nc(-c2ccccc2Cl)n[nH]1. The van der Waals surface area contributed by atoms with E-state index >= 15 is 0 Å². The zero-order chi connectivity index (χ0) is 12.4. The molecule has 1 atom stereocenters. The smallest absolute Gasteiger partial charge is 0.182 e. The van der Waals surface area contributed by atoms with Gasteiger partial charge in [0.2, 0.25) is 0 Å². The molecule has 0 saturated heterocycles. The minimum absolute atomic E-state index is 0.140. The van der Waals surface area contributed by atoms with E-state index in [1.54, 1.807) is 0 Å². The Morgan fingerprint density at radius 2 is 2.00 bits per heavy atom. The molecule has 0 saturated carbocycles. The fourth-order valence-corrected chi connectivity index (χ4v) is 1.72. The highest BCUT2D eigenvalue weighted by molar-refractivity contribution is 6.33. The number of aromatic nitrogens is 3. The van der Waals surface area contributed by atoms with Crippen molar-refractivity contribution in [2.24, 2.45) is 11.7 Å². The van der Waals surface area contributed by atoms with Crippen LogP contribution in [0, 0.1) is 5.92 Å².